The Kier molecular flexibility index (Phi) is 3.24. The average Bonchev–Trinajstić information content (AvgIpc) is 3.06. The van der Waals surface area contributed by atoms with Gasteiger partial charge in [-0.05, 0) is 41.6 Å². The van der Waals surface area contributed by atoms with E-state index in [1.807, 2.05) is 30.3 Å². The maximum absolute atomic E-state index is 4.01. The highest BCUT2D eigenvalue weighted by Gasteiger charge is 2.07. The SMILES string of the molecule is Cc1ccc(CNc2nnnn2-c2ccccc2)s1. The largest absolute Gasteiger partial charge is 0.348 e. The molecule has 0 atom stereocenters. The van der Waals surface area contributed by atoms with Crippen LogP contribution in [0.25, 0.3) is 5.69 Å². The van der Waals surface area contributed by atoms with Crippen molar-refractivity contribution in [2.45, 2.75) is 13.5 Å². The lowest BCUT2D eigenvalue weighted by molar-refractivity contribution is 0.789. The van der Waals surface area contributed by atoms with Gasteiger partial charge in [0.05, 0.1) is 12.2 Å². The van der Waals surface area contributed by atoms with Gasteiger partial charge in [0.1, 0.15) is 0 Å². The quantitative estimate of drug-likeness (QED) is 0.792. The molecule has 6 heteroatoms. The second-order valence-electron chi connectivity index (χ2n) is 4.12. The van der Waals surface area contributed by atoms with Gasteiger partial charge in [-0.1, -0.05) is 23.3 Å². The topological polar surface area (TPSA) is 55.6 Å². The Morgan fingerprint density at radius 3 is 2.74 bits per heavy atom. The third-order valence-electron chi connectivity index (χ3n) is 2.69. The second-order valence-corrected chi connectivity index (χ2v) is 5.49. The molecule has 1 aromatic carbocycles. The van der Waals surface area contributed by atoms with Crippen LogP contribution >= 0.6 is 11.3 Å². The van der Waals surface area contributed by atoms with Crippen LogP contribution in [0.2, 0.25) is 0 Å². The first-order valence-electron chi connectivity index (χ1n) is 5.96. The molecule has 0 saturated carbocycles. The van der Waals surface area contributed by atoms with Crippen LogP contribution in [0.3, 0.4) is 0 Å². The van der Waals surface area contributed by atoms with E-state index in [2.05, 4.69) is 39.9 Å². The van der Waals surface area contributed by atoms with Gasteiger partial charge in [0, 0.05) is 9.75 Å². The summed E-state index contributed by atoms with van der Waals surface area (Å²) in [5, 5.41) is 15.0. The minimum absolute atomic E-state index is 0.650. The predicted octanol–water partition coefficient (Wildman–Crippen LogP) is 2.64. The maximum Gasteiger partial charge on any atom is 0.248 e. The van der Waals surface area contributed by atoms with Gasteiger partial charge < -0.3 is 5.32 Å². The molecule has 0 saturated heterocycles. The van der Waals surface area contributed by atoms with Crippen molar-refractivity contribution in [2.24, 2.45) is 0 Å². The summed E-state index contributed by atoms with van der Waals surface area (Å²) in [6, 6.07) is 14.1. The molecule has 0 aliphatic carbocycles. The number of anilines is 1. The van der Waals surface area contributed by atoms with Gasteiger partial charge in [0.15, 0.2) is 0 Å². The molecule has 2 heterocycles. The van der Waals surface area contributed by atoms with Crippen LogP contribution in [-0.4, -0.2) is 20.2 Å². The summed E-state index contributed by atoms with van der Waals surface area (Å²) in [4.78, 5) is 2.57. The van der Waals surface area contributed by atoms with E-state index < -0.39 is 0 Å². The van der Waals surface area contributed by atoms with Crippen LogP contribution in [0.4, 0.5) is 5.95 Å². The number of aromatic nitrogens is 4. The average molecular weight is 271 g/mol. The maximum atomic E-state index is 4.01. The van der Waals surface area contributed by atoms with Crippen molar-refractivity contribution < 1.29 is 0 Å². The minimum Gasteiger partial charge on any atom is -0.348 e. The number of aryl methyl sites for hydroxylation is 1. The van der Waals surface area contributed by atoms with Crippen molar-refractivity contribution in [3.05, 3.63) is 52.2 Å². The van der Waals surface area contributed by atoms with E-state index in [9.17, 15) is 0 Å². The van der Waals surface area contributed by atoms with Gasteiger partial charge in [-0.3, -0.25) is 0 Å². The van der Waals surface area contributed by atoms with Crippen molar-refractivity contribution in [1.82, 2.24) is 20.2 Å². The van der Waals surface area contributed by atoms with E-state index in [4.69, 9.17) is 0 Å². The fourth-order valence-electron chi connectivity index (χ4n) is 1.79. The second kappa shape index (κ2) is 5.19. The number of para-hydroxylation sites is 1. The highest BCUT2D eigenvalue weighted by atomic mass is 32.1. The molecule has 0 amide bonds. The lowest BCUT2D eigenvalue weighted by Crippen LogP contribution is -2.06. The standard InChI is InChI=1S/C13H13N5S/c1-10-7-8-12(19-10)9-14-13-15-16-17-18(13)11-5-3-2-4-6-11/h2-8H,9H2,1H3,(H,14,15,17). The first-order valence-corrected chi connectivity index (χ1v) is 6.77. The Hall–Kier alpha value is -2.21. The first kappa shape index (κ1) is 11.9. The van der Waals surface area contributed by atoms with E-state index in [1.54, 1.807) is 16.0 Å². The summed E-state index contributed by atoms with van der Waals surface area (Å²) in [5.74, 6) is 0.650. The highest BCUT2D eigenvalue weighted by Crippen LogP contribution is 2.17. The zero-order valence-corrected chi connectivity index (χ0v) is 11.3. The molecule has 3 aromatic rings. The highest BCUT2D eigenvalue weighted by molar-refractivity contribution is 7.11. The van der Waals surface area contributed by atoms with Gasteiger partial charge in [-0.15, -0.1) is 11.3 Å². The number of hydrogen-bond acceptors (Lipinski definition) is 5. The summed E-state index contributed by atoms with van der Waals surface area (Å²) < 4.78 is 1.69. The Bertz CT molecular complexity index is 658. The van der Waals surface area contributed by atoms with Crippen LogP contribution in [-0.2, 0) is 6.54 Å². The molecule has 96 valence electrons. The molecule has 19 heavy (non-hydrogen) atoms. The molecule has 1 N–H and O–H groups in total. The van der Waals surface area contributed by atoms with Crippen molar-refractivity contribution in [1.29, 1.82) is 0 Å². The fraction of sp³-hybridized carbons (Fsp3) is 0.154. The molecular formula is C13H13N5S. The molecule has 0 unspecified atom stereocenters. The van der Waals surface area contributed by atoms with Gasteiger partial charge in [-0.2, -0.15) is 4.68 Å². The number of thiophene rings is 1. The number of nitrogens with one attached hydrogen (secondary N) is 1. The van der Waals surface area contributed by atoms with Crippen LogP contribution < -0.4 is 5.32 Å². The molecule has 0 aliphatic rings. The smallest absolute Gasteiger partial charge is 0.248 e. The summed E-state index contributed by atoms with van der Waals surface area (Å²) in [6.45, 7) is 2.83. The predicted molar refractivity (Wildman–Crippen MR) is 75.5 cm³/mol. The van der Waals surface area contributed by atoms with E-state index >= 15 is 0 Å². The Balaban J connectivity index is 1.77. The summed E-state index contributed by atoms with van der Waals surface area (Å²) >= 11 is 1.77. The zero-order chi connectivity index (χ0) is 13.1. The van der Waals surface area contributed by atoms with Crippen LogP contribution in [0, 0.1) is 6.92 Å². The molecule has 0 radical (unpaired) electrons. The van der Waals surface area contributed by atoms with Crippen molar-refractivity contribution >= 4 is 17.3 Å². The van der Waals surface area contributed by atoms with E-state index in [1.165, 1.54) is 9.75 Å². The van der Waals surface area contributed by atoms with Gasteiger partial charge in [0.25, 0.3) is 0 Å². The lowest BCUT2D eigenvalue weighted by Gasteiger charge is -2.05. The van der Waals surface area contributed by atoms with Crippen LogP contribution in [0.1, 0.15) is 9.75 Å². The molecule has 0 aliphatic heterocycles. The Morgan fingerprint density at radius 2 is 2.00 bits per heavy atom. The molecule has 5 nitrogen and oxygen atoms in total. The van der Waals surface area contributed by atoms with Crippen molar-refractivity contribution in [3.63, 3.8) is 0 Å². The first-order chi connectivity index (χ1) is 9.33. The third kappa shape index (κ3) is 2.63. The molecule has 0 bridgehead atoms. The fourth-order valence-corrected chi connectivity index (χ4v) is 2.62. The zero-order valence-electron chi connectivity index (χ0n) is 10.4. The summed E-state index contributed by atoms with van der Waals surface area (Å²) in [5.41, 5.74) is 0.942. The molecular weight excluding hydrogens is 258 g/mol. The number of tetrazole rings is 1. The Morgan fingerprint density at radius 1 is 1.16 bits per heavy atom. The number of hydrogen-bond donors (Lipinski definition) is 1. The number of rotatable bonds is 4. The van der Waals surface area contributed by atoms with Crippen molar-refractivity contribution in [2.75, 3.05) is 5.32 Å². The number of nitrogens with zero attached hydrogens (tertiary/aromatic N) is 4. The Labute approximate surface area is 114 Å². The van der Waals surface area contributed by atoms with E-state index in [0.29, 0.717) is 5.95 Å². The lowest BCUT2D eigenvalue weighted by atomic mass is 10.3. The molecule has 0 fully saturated rings. The summed E-state index contributed by atoms with van der Waals surface area (Å²) in [7, 11) is 0. The van der Waals surface area contributed by atoms with Crippen LogP contribution in [0.5, 0.6) is 0 Å². The summed E-state index contributed by atoms with van der Waals surface area (Å²) in [6.07, 6.45) is 0. The third-order valence-corrected chi connectivity index (χ3v) is 3.69. The minimum atomic E-state index is 0.650. The normalized spacial score (nSPS) is 10.6. The molecule has 0 spiro atoms. The van der Waals surface area contributed by atoms with E-state index in [0.717, 1.165) is 12.2 Å². The van der Waals surface area contributed by atoms with Gasteiger partial charge in [-0.25, -0.2) is 0 Å². The number of benzene rings is 1. The monoisotopic (exact) mass is 271 g/mol. The van der Waals surface area contributed by atoms with E-state index in [-0.39, 0.29) is 0 Å². The molecule has 2 aromatic heterocycles. The van der Waals surface area contributed by atoms with Gasteiger partial charge >= 0.3 is 0 Å². The molecule has 3 rings (SSSR count). The van der Waals surface area contributed by atoms with Crippen molar-refractivity contribution in [3.8, 4) is 5.69 Å². The van der Waals surface area contributed by atoms with Crippen LogP contribution in [0.15, 0.2) is 42.5 Å². The van der Waals surface area contributed by atoms with Gasteiger partial charge in [0.2, 0.25) is 5.95 Å².